The van der Waals surface area contributed by atoms with Gasteiger partial charge in [0.15, 0.2) is 5.82 Å². The Balaban J connectivity index is 1.73. The molecule has 0 bridgehead atoms. The van der Waals surface area contributed by atoms with Gasteiger partial charge < -0.3 is 4.57 Å². The lowest BCUT2D eigenvalue weighted by Gasteiger charge is -2.09. The van der Waals surface area contributed by atoms with E-state index in [2.05, 4.69) is 24.7 Å². The van der Waals surface area contributed by atoms with Gasteiger partial charge in [0.2, 0.25) is 5.82 Å². The Morgan fingerprint density at radius 1 is 1.00 bits per heavy atom. The predicted octanol–water partition coefficient (Wildman–Crippen LogP) is 1.85. The van der Waals surface area contributed by atoms with Crippen LogP contribution in [-0.2, 0) is 13.0 Å². The van der Waals surface area contributed by atoms with E-state index < -0.39 is 0 Å². The van der Waals surface area contributed by atoms with Crippen molar-refractivity contribution in [3.8, 4) is 11.6 Å². The summed E-state index contributed by atoms with van der Waals surface area (Å²) in [4.78, 5) is 8.55. The van der Waals surface area contributed by atoms with Crippen molar-refractivity contribution >= 4 is 0 Å². The Kier molecular flexibility index (Phi) is 2.04. The molecule has 2 aromatic heterocycles. The summed E-state index contributed by atoms with van der Waals surface area (Å²) in [6.07, 6.45) is 9.84. The second kappa shape index (κ2) is 3.60. The van der Waals surface area contributed by atoms with E-state index >= 15 is 0 Å². The Bertz CT molecular complexity index is 570. The van der Waals surface area contributed by atoms with E-state index in [1.807, 2.05) is 6.07 Å². The summed E-state index contributed by atoms with van der Waals surface area (Å²) in [5.41, 5.74) is 0.621. The molecule has 1 fully saturated rings. The summed E-state index contributed by atoms with van der Waals surface area (Å²) >= 11 is 0. The quantitative estimate of drug-likeness (QED) is 0.764. The van der Waals surface area contributed by atoms with Gasteiger partial charge in [0, 0.05) is 25.4 Å². The lowest BCUT2D eigenvalue weighted by Crippen LogP contribution is -2.06. The van der Waals surface area contributed by atoms with Crippen LogP contribution in [0.1, 0.15) is 31.5 Å². The van der Waals surface area contributed by atoms with Gasteiger partial charge in [-0.3, -0.25) is 0 Å². The number of rotatable bonds is 1. The molecule has 0 amide bonds. The molecule has 0 saturated heterocycles. The highest BCUT2D eigenvalue weighted by molar-refractivity contribution is 5.42. The summed E-state index contributed by atoms with van der Waals surface area (Å²) in [6, 6.07) is 1.82. The van der Waals surface area contributed by atoms with Crippen molar-refractivity contribution in [2.45, 2.75) is 38.6 Å². The smallest absolute Gasteiger partial charge is 0.201 e. The third kappa shape index (κ3) is 1.54. The highest BCUT2D eigenvalue weighted by Gasteiger charge is 2.43. The molecular weight excluding hydrogens is 226 g/mol. The van der Waals surface area contributed by atoms with E-state index in [1.165, 1.54) is 25.7 Å². The van der Waals surface area contributed by atoms with E-state index in [9.17, 15) is 0 Å². The molecule has 0 radical (unpaired) electrons. The zero-order chi connectivity index (χ0) is 12.0. The van der Waals surface area contributed by atoms with Gasteiger partial charge >= 0.3 is 0 Å². The molecule has 18 heavy (non-hydrogen) atoms. The fourth-order valence-corrected chi connectivity index (χ4v) is 2.86. The zero-order valence-corrected chi connectivity index (χ0v) is 10.2. The second-order valence-corrected chi connectivity index (χ2v) is 5.41. The minimum absolute atomic E-state index is 0.621. The molecule has 0 atom stereocenters. The van der Waals surface area contributed by atoms with Crippen molar-refractivity contribution in [2.24, 2.45) is 5.41 Å². The van der Waals surface area contributed by atoms with Gasteiger partial charge in [0.25, 0.3) is 0 Å². The number of hydrogen-bond acceptors (Lipinski definition) is 4. The third-order valence-corrected chi connectivity index (χ3v) is 4.29. The molecule has 1 aliphatic heterocycles. The number of hydrogen-bond donors (Lipinski definition) is 0. The maximum absolute atomic E-state index is 4.32. The van der Waals surface area contributed by atoms with Gasteiger partial charge in [-0.05, 0) is 37.2 Å². The molecule has 0 aromatic carbocycles. The fraction of sp³-hybridized carbons (Fsp3) is 0.538. The summed E-state index contributed by atoms with van der Waals surface area (Å²) in [5.74, 6) is 2.60. The summed E-state index contributed by atoms with van der Waals surface area (Å²) in [7, 11) is 0. The topological polar surface area (TPSA) is 56.5 Å². The maximum atomic E-state index is 4.32. The van der Waals surface area contributed by atoms with Gasteiger partial charge in [-0.2, -0.15) is 0 Å². The highest BCUT2D eigenvalue weighted by atomic mass is 15.3. The van der Waals surface area contributed by atoms with Gasteiger partial charge in [0.05, 0.1) is 0 Å². The first-order valence-electron chi connectivity index (χ1n) is 6.56. The summed E-state index contributed by atoms with van der Waals surface area (Å²) in [6.45, 7) is 1.01. The van der Waals surface area contributed by atoms with Crippen molar-refractivity contribution in [3.63, 3.8) is 0 Å². The normalized spacial score (nSPS) is 20.4. The molecule has 1 saturated carbocycles. The van der Waals surface area contributed by atoms with Crippen LogP contribution in [0.3, 0.4) is 0 Å². The Morgan fingerprint density at radius 2 is 1.83 bits per heavy atom. The lowest BCUT2D eigenvalue weighted by molar-refractivity contribution is 0.425. The standard InChI is InChI=1S/C13H15N5/c1-7-14-11(15-8-1)12-17-16-10-2-3-13(4-5-13)6-9-18(10)12/h1,7-8H,2-6,9H2. The van der Waals surface area contributed by atoms with Crippen molar-refractivity contribution in [1.29, 1.82) is 0 Å². The number of aromatic nitrogens is 5. The van der Waals surface area contributed by atoms with Crippen LogP contribution in [0.4, 0.5) is 0 Å². The van der Waals surface area contributed by atoms with Crippen LogP contribution in [0, 0.1) is 5.41 Å². The van der Waals surface area contributed by atoms with Crippen LogP contribution in [0.15, 0.2) is 18.5 Å². The van der Waals surface area contributed by atoms with E-state index in [-0.39, 0.29) is 0 Å². The molecule has 2 aliphatic rings. The Labute approximate surface area is 105 Å². The molecule has 5 nitrogen and oxygen atoms in total. The van der Waals surface area contributed by atoms with Crippen LogP contribution in [-0.4, -0.2) is 24.7 Å². The molecule has 3 heterocycles. The van der Waals surface area contributed by atoms with Gasteiger partial charge in [-0.1, -0.05) is 0 Å². The molecule has 0 N–H and O–H groups in total. The molecule has 92 valence electrons. The molecule has 2 aromatic rings. The number of fused-ring (bicyclic) bond motifs is 1. The second-order valence-electron chi connectivity index (χ2n) is 5.41. The van der Waals surface area contributed by atoms with Crippen LogP contribution < -0.4 is 0 Å². The van der Waals surface area contributed by atoms with Crippen molar-refractivity contribution < 1.29 is 0 Å². The van der Waals surface area contributed by atoms with Crippen molar-refractivity contribution in [1.82, 2.24) is 24.7 Å². The van der Waals surface area contributed by atoms with E-state index in [0.717, 1.165) is 24.6 Å². The van der Waals surface area contributed by atoms with Crippen LogP contribution >= 0.6 is 0 Å². The van der Waals surface area contributed by atoms with Crippen LogP contribution in [0.5, 0.6) is 0 Å². The van der Waals surface area contributed by atoms with Gasteiger partial charge in [-0.15, -0.1) is 10.2 Å². The molecule has 4 rings (SSSR count). The zero-order valence-electron chi connectivity index (χ0n) is 10.2. The van der Waals surface area contributed by atoms with E-state index in [0.29, 0.717) is 11.2 Å². The fourth-order valence-electron chi connectivity index (χ4n) is 2.86. The van der Waals surface area contributed by atoms with Crippen molar-refractivity contribution in [2.75, 3.05) is 0 Å². The van der Waals surface area contributed by atoms with Crippen LogP contribution in [0.25, 0.3) is 11.6 Å². The lowest BCUT2D eigenvalue weighted by atomic mass is 9.97. The Morgan fingerprint density at radius 3 is 2.61 bits per heavy atom. The van der Waals surface area contributed by atoms with Gasteiger partial charge in [0.1, 0.15) is 5.82 Å². The van der Waals surface area contributed by atoms with Crippen molar-refractivity contribution in [3.05, 3.63) is 24.3 Å². The number of nitrogens with zero attached hydrogens (tertiary/aromatic N) is 5. The SMILES string of the molecule is c1cnc(-c2nnc3n2CCC2(CC3)CC2)nc1. The minimum Gasteiger partial charge on any atom is -0.308 e. The van der Waals surface area contributed by atoms with E-state index in [4.69, 9.17) is 0 Å². The van der Waals surface area contributed by atoms with Gasteiger partial charge in [-0.25, -0.2) is 9.97 Å². The molecule has 1 spiro atoms. The Hall–Kier alpha value is -1.78. The first-order valence-corrected chi connectivity index (χ1v) is 6.56. The monoisotopic (exact) mass is 241 g/mol. The predicted molar refractivity (Wildman–Crippen MR) is 65.7 cm³/mol. The molecular formula is C13H15N5. The first kappa shape index (κ1) is 10.2. The average Bonchev–Trinajstić information content (AvgIpc) is 3.12. The molecule has 1 aliphatic carbocycles. The summed E-state index contributed by atoms with van der Waals surface area (Å²) in [5, 5.41) is 8.59. The largest absolute Gasteiger partial charge is 0.308 e. The third-order valence-electron chi connectivity index (χ3n) is 4.29. The minimum atomic E-state index is 0.621. The average molecular weight is 241 g/mol. The first-order chi connectivity index (χ1) is 8.86. The van der Waals surface area contributed by atoms with Crippen LogP contribution in [0.2, 0.25) is 0 Å². The molecule has 5 heteroatoms. The number of aryl methyl sites for hydroxylation is 1. The highest BCUT2D eigenvalue weighted by Crippen LogP contribution is 2.53. The summed E-state index contributed by atoms with van der Waals surface area (Å²) < 4.78 is 2.21. The van der Waals surface area contributed by atoms with E-state index in [1.54, 1.807) is 12.4 Å². The maximum Gasteiger partial charge on any atom is 0.201 e. The molecule has 0 unspecified atom stereocenters.